The van der Waals surface area contributed by atoms with E-state index in [9.17, 15) is 4.79 Å². The molecule has 24 heavy (non-hydrogen) atoms. The summed E-state index contributed by atoms with van der Waals surface area (Å²) in [6.07, 6.45) is 2.86. The number of aromatic nitrogens is 2. The molecule has 1 aromatic carbocycles. The molecule has 0 bridgehead atoms. The van der Waals surface area contributed by atoms with E-state index in [-0.39, 0.29) is 12.5 Å². The van der Waals surface area contributed by atoms with Crippen LogP contribution in [-0.4, -0.2) is 34.5 Å². The predicted octanol–water partition coefficient (Wildman–Crippen LogP) is 3.79. The van der Waals surface area contributed by atoms with E-state index in [4.69, 9.17) is 27.7 Å². The monoisotopic (exact) mass is 370 g/mol. The number of carbonyl (C=O) groups is 1. The molecule has 1 heterocycles. The van der Waals surface area contributed by atoms with Crippen LogP contribution in [0.25, 0.3) is 0 Å². The number of likely N-dealkylation sites (N-methyl/N-ethyl adjacent to an activating group) is 1. The molecule has 1 N–H and O–H groups in total. The van der Waals surface area contributed by atoms with Crippen LogP contribution in [0.4, 0.5) is 5.69 Å². The zero-order valence-corrected chi connectivity index (χ0v) is 15.2. The van der Waals surface area contributed by atoms with E-state index in [2.05, 4.69) is 22.4 Å². The Balaban J connectivity index is 1.86. The Bertz CT molecular complexity index is 670. The molecule has 6 nitrogen and oxygen atoms in total. The van der Waals surface area contributed by atoms with E-state index >= 15 is 0 Å². The molecule has 0 aliphatic rings. The van der Waals surface area contributed by atoms with Crippen LogP contribution < -0.4 is 5.32 Å². The molecule has 0 saturated carbocycles. The number of para-hydroxylation sites is 1. The largest absolute Gasteiger partial charge is 0.339 e. The summed E-state index contributed by atoms with van der Waals surface area (Å²) >= 11 is 12.1. The molecular formula is C16H20Cl2N4O2. The van der Waals surface area contributed by atoms with Crippen LogP contribution in [0, 0.1) is 0 Å². The predicted molar refractivity (Wildman–Crippen MR) is 94.3 cm³/mol. The molecule has 0 radical (unpaired) electrons. The second-order valence-corrected chi connectivity index (χ2v) is 6.34. The third kappa shape index (κ3) is 5.47. The number of hydrogen-bond donors (Lipinski definition) is 1. The maximum absolute atomic E-state index is 12.1. The van der Waals surface area contributed by atoms with Gasteiger partial charge in [0.25, 0.3) is 0 Å². The number of rotatable bonds is 8. The first-order valence-electron chi connectivity index (χ1n) is 7.73. The van der Waals surface area contributed by atoms with Gasteiger partial charge in [-0.1, -0.05) is 47.8 Å². The Morgan fingerprint density at radius 2 is 2.04 bits per heavy atom. The lowest BCUT2D eigenvalue weighted by Crippen LogP contribution is -2.30. The van der Waals surface area contributed by atoms with Gasteiger partial charge in [-0.15, -0.1) is 0 Å². The molecule has 0 spiro atoms. The summed E-state index contributed by atoms with van der Waals surface area (Å²) in [5.74, 6) is 0.974. The third-order valence-electron chi connectivity index (χ3n) is 3.31. The molecule has 0 aliphatic heterocycles. The Labute approximate surface area is 151 Å². The zero-order chi connectivity index (χ0) is 17.5. The van der Waals surface area contributed by atoms with Gasteiger partial charge in [0.2, 0.25) is 11.8 Å². The number of hydrogen-bond acceptors (Lipinski definition) is 5. The summed E-state index contributed by atoms with van der Waals surface area (Å²) in [6.45, 7) is 2.68. The number of halogens is 2. The molecule has 0 unspecified atom stereocenters. The van der Waals surface area contributed by atoms with Gasteiger partial charge in [0.1, 0.15) is 0 Å². The van der Waals surface area contributed by atoms with Crippen molar-refractivity contribution in [2.24, 2.45) is 0 Å². The summed E-state index contributed by atoms with van der Waals surface area (Å²) in [5.41, 5.74) is 0.417. The fraction of sp³-hybridized carbons (Fsp3) is 0.438. The van der Waals surface area contributed by atoms with E-state index in [0.717, 1.165) is 19.3 Å². The summed E-state index contributed by atoms with van der Waals surface area (Å²) in [5, 5.41) is 7.45. The van der Waals surface area contributed by atoms with Crippen molar-refractivity contribution in [3.63, 3.8) is 0 Å². The van der Waals surface area contributed by atoms with Crippen LogP contribution in [0.1, 0.15) is 31.5 Å². The fourth-order valence-electron chi connectivity index (χ4n) is 2.12. The molecule has 1 amide bonds. The van der Waals surface area contributed by atoms with Crippen molar-refractivity contribution in [1.82, 2.24) is 15.0 Å². The van der Waals surface area contributed by atoms with Gasteiger partial charge in [-0.2, -0.15) is 4.98 Å². The molecule has 130 valence electrons. The normalized spacial score (nSPS) is 11.0. The highest BCUT2D eigenvalue weighted by molar-refractivity contribution is 6.39. The quantitative estimate of drug-likeness (QED) is 0.765. The highest BCUT2D eigenvalue weighted by Gasteiger charge is 2.14. The minimum atomic E-state index is -0.220. The van der Waals surface area contributed by atoms with Crippen LogP contribution in [-0.2, 0) is 17.8 Å². The van der Waals surface area contributed by atoms with Crippen LogP contribution in [0.15, 0.2) is 22.7 Å². The average Bonchev–Trinajstić information content (AvgIpc) is 2.96. The number of anilines is 1. The van der Waals surface area contributed by atoms with Crippen LogP contribution in [0.3, 0.4) is 0 Å². The Hall–Kier alpha value is -1.63. The summed E-state index contributed by atoms with van der Waals surface area (Å²) in [7, 11) is 1.80. The first-order chi connectivity index (χ1) is 11.5. The molecule has 0 atom stereocenters. The van der Waals surface area contributed by atoms with E-state index in [1.54, 1.807) is 30.1 Å². The van der Waals surface area contributed by atoms with Gasteiger partial charge in [-0.25, -0.2) is 0 Å². The SMILES string of the molecule is CCCCc1nc(CN(C)CC(=O)Nc2c(Cl)cccc2Cl)no1. The number of aryl methyl sites for hydroxylation is 1. The van der Waals surface area contributed by atoms with Gasteiger partial charge >= 0.3 is 0 Å². The Morgan fingerprint density at radius 3 is 2.71 bits per heavy atom. The van der Waals surface area contributed by atoms with Crippen molar-refractivity contribution in [3.05, 3.63) is 40.0 Å². The molecule has 0 aliphatic carbocycles. The highest BCUT2D eigenvalue weighted by atomic mass is 35.5. The van der Waals surface area contributed by atoms with Crippen LogP contribution in [0.2, 0.25) is 10.0 Å². The Morgan fingerprint density at radius 1 is 1.33 bits per heavy atom. The van der Waals surface area contributed by atoms with Crippen molar-refractivity contribution in [2.45, 2.75) is 32.7 Å². The van der Waals surface area contributed by atoms with Crippen LogP contribution in [0.5, 0.6) is 0 Å². The molecule has 1 aromatic heterocycles. The average molecular weight is 371 g/mol. The van der Waals surface area contributed by atoms with Gasteiger partial charge in [-0.3, -0.25) is 9.69 Å². The van der Waals surface area contributed by atoms with Crippen molar-refractivity contribution < 1.29 is 9.32 Å². The lowest BCUT2D eigenvalue weighted by atomic mass is 10.2. The van der Waals surface area contributed by atoms with Crippen molar-refractivity contribution in [3.8, 4) is 0 Å². The van der Waals surface area contributed by atoms with Crippen molar-refractivity contribution in [1.29, 1.82) is 0 Å². The molecule has 8 heteroatoms. The number of nitrogens with one attached hydrogen (secondary N) is 1. The molecule has 0 fully saturated rings. The van der Waals surface area contributed by atoms with Gasteiger partial charge in [0, 0.05) is 6.42 Å². The van der Waals surface area contributed by atoms with E-state index in [1.165, 1.54) is 0 Å². The lowest BCUT2D eigenvalue weighted by Gasteiger charge is -2.15. The number of unbranched alkanes of at least 4 members (excludes halogenated alkanes) is 1. The van der Waals surface area contributed by atoms with Gasteiger partial charge in [0.05, 0.1) is 28.8 Å². The van der Waals surface area contributed by atoms with Gasteiger partial charge in [-0.05, 0) is 25.6 Å². The van der Waals surface area contributed by atoms with E-state index in [1.807, 2.05) is 0 Å². The highest BCUT2D eigenvalue weighted by Crippen LogP contribution is 2.29. The maximum Gasteiger partial charge on any atom is 0.238 e. The molecule has 2 rings (SSSR count). The van der Waals surface area contributed by atoms with Crippen molar-refractivity contribution >= 4 is 34.8 Å². The minimum Gasteiger partial charge on any atom is -0.339 e. The second-order valence-electron chi connectivity index (χ2n) is 5.53. The smallest absolute Gasteiger partial charge is 0.238 e. The van der Waals surface area contributed by atoms with Gasteiger partial charge in [0.15, 0.2) is 5.82 Å². The van der Waals surface area contributed by atoms with E-state index < -0.39 is 0 Å². The van der Waals surface area contributed by atoms with E-state index in [0.29, 0.717) is 34.0 Å². The lowest BCUT2D eigenvalue weighted by molar-refractivity contribution is -0.117. The van der Waals surface area contributed by atoms with Crippen molar-refractivity contribution in [2.75, 3.05) is 18.9 Å². The minimum absolute atomic E-state index is 0.153. The Kier molecular flexibility index (Phi) is 7.02. The third-order valence-corrected chi connectivity index (χ3v) is 3.94. The number of amides is 1. The zero-order valence-electron chi connectivity index (χ0n) is 13.7. The molecule has 2 aromatic rings. The summed E-state index contributed by atoms with van der Waals surface area (Å²) in [6, 6.07) is 5.06. The fourth-order valence-corrected chi connectivity index (χ4v) is 2.61. The number of carbonyl (C=O) groups excluding carboxylic acids is 1. The summed E-state index contributed by atoms with van der Waals surface area (Å²) < 4.78 is 5.18. The molecular weight excluding hydrogens is 351 g/mol. The molecule has 0 saturated heterocycles. The van der Waals surface area contributed by atoms with Gasteiger partial charge < -0.3 is 9.84 Å². The standard InChI is InChI=1S/C16H20Cl2N4O2/c1-3-4-8-15-19-13(21-24-15)9-22(2)10-14(23)20-16-11(17)6-5-7-12(16)18/h5-7H,3-4,8-10H2,1-2H3,(H,20,23). The maximum atomic E-state index is 12.1. The second kappa shape index (κ2) is 9.01. The first kappa shape index (κ1) is 18.7. The topological polar surface area (TPSA) is 71.3 Å². The van der Waals surface area contributed by atoms with Crippen LogP contribution >= 0.6 is 23.2 Å². The number of benzene rings is 1. The number of nitrogens with zero attached hydrogens (tertiary/aromatic N) is 3. The first-order valence-corrected chi connectivity index (χ1v) is 8.49. The summed E-state index contributed by atoms with van der Waals surface area (Å²) in [4.78, 5) is 18.2.